The Hall–Kier alpha value is -0.480. The molecule has 0 aliphatic heterocycles. The van der Waals surface area contributed by atoms with E-state index < -0.39 is 0 Å². The van der Waals surface area contributed by atoms with Gasteiger partial charge in [-0.1, -0.05) is 29.3 Å². The van der Waals surface area contributed by atoms with Crippen molar-refractivity contribution >= 4 is 39.1 Å². The van der Waals surface area contributed by atoms with Gasteiger partial charge in [-0.15, -0.1) is 0 Å². The zero-order valence-electron chi connectivity index (χ0n) is 8.08. The van der Waals surface area contributed by atoms with E-state index >= 15 is 0 Å². The second kappa shape index (κ2) is 4.80. The quantitative estimate of drug-likeness (QED) is 0.891. The Balaban J connectivity index is 2.33. The molecule has 0 radical (unpaired) electrons. The number of benzene rings is 1. The third-order valence-electron chi connectivity index (χ3n) is 2.20. The van der Waals surface area contributed by atoms with Gasteiger partial charge in [0.15, 0.2) is 4.67 Å². The summed E-state index contributed by atoms with van der Waals surface area (Å²) in [5.74, 6) is 0.672. The molecule has 0 fully saturated rings. The van der Waals surface area contributed by atoms with Crippen LogP contribution < -0.4 is 5.73 Å². The molecule has 0 saturated carbocycles. The van der Waals surface area contributed by atoms with Crippen molar-refractivity contribution in [3.8, 4) is 0 Å². The molecule has 0 bridgehead atoms. The SMILES string of the molecule is NC(c1ccc(Cl)c(Cl)c1)c1ccc(Br)o1. The molecule has 2 rings (SSSR count). The Labute approximate surface area is 111 Å². The molecule has 84 valence electrons. The van der Waals surface area contributed by atoms with Crippen LogP contribution in [0.15, 0.2) is 39.4 Å². The van der Waals surface area contributed by atoms with Crippen LogP contribution in [0.4, 0.5) is 0 Å². The molecule has 1 unspecified atom stereocenters. The maximum atomic E-state index is 6.03. The molecule has 0 spiro atoms. The predicted octanol–water partition coefficient (Wildman–Crippen LogP) is 4.40. The Morgan fingerprint density at radius 1 is 1.12 bits per heavy atom. The minimum Gasteiger partial charge on any atom is -0.452 e. The van der Waals surface area contributed by atoms with Gasteiger partial charge < -0.3 is 10.2 Å². The summed E-state index contributed by atoms with van der Waals surface area (Å²) < 4.78 is 6.04. The average Bonchev–Trinajstić information content (AvgIpc) is 2.68. The van der Waals surface area contributed by atoms with Crippen LogP contribution in [0.3, 0.4) is 0 Å². The van der Waals surface area contributed by atoms with Crippen molar-refractivity contribution in [1.29, 1.82) is 0 Å². The summed E-state index contributed by atoms with van der Waals surface area (Å²) in [6.07, 6.45) is 0. The fraction of sp³-hybridized carbons (Fsp3) is 0.0909. The zero-order valence-corrected chi connectivity index (χ0v) is 11.2. The smallest absolute Gasteiger partial charge is 0.169 e. The topological polar surface area (TPSA) is 39.2 Å². The van der Waals surface area contributed by atoms with E-state index in [9.17, 15) is 0 Å². The van der Waals surface area contributed by atoms with Crippen molar-refractivity contribution in [3.05, 3.63) is 56.4 Å². The second-order valence-electron chi connectivity index (χ2n) is 3.29. The normalized spacial score (nSPS) is 12.8. The number of hydrogen-bond acceptors (Lipinski definition) is 2. The Bertz CT molecular complexity index is 512. The van der Waals surface area contributed by atoms with Gasteiger partial charge in [0.1, 0.15) is 5.76 Å². The van der Waals surface area contributed by atoms with Crippen LogP contribution in [-0.2, 0) is 0 Å². The van der Waals surface area contributed by atoms with E-state index in [1.54, 1.807) is 18.2 Å². The first kappa shape index (κ1) is 12.0. The predicted molar refractivity (Wildman–Crippen MR) is 68.9 cm³/mol. The van der Waals surface area contributed by atoms with Gasteiger partial charge >= 0.3 is 0 Å². The van der Waals surface area contributed by atoms with E-state index in [4.69, 9.17) is 33.4 Å². The van der Waals surface area contributed by atoms with Gasteiger partial charge in [-0.05, 0) is 45.8 Å². The summed E-state index contributed by atoms with van der Waals surface area (Å²) in [7, 11) is 0. The summed E-state index contributed by atoms with van der Waals surface area (Å²) in [5, 5.41) is 0.999. The van der Waals surface area contributed by atoms with Crippen LogP contribution in [0.25, 0.3) is 0 Å². The molecule has 0 amide bonds. The number of halogens is 3. The van der Waals surface area contributed by atoms with Crippen LogP contribution >= 0.6 is 39.1 Å². The van der Waals surface area contributed by atoms with E-state index in [0.717, 1.165) is 5.56 Å². The van der Waals surface area contributed by atoms with Crippen molar-refractivity contribution in [2.45, 2.75) is 6.04 Å². The monoisotopic (exact) mass is 319 g/mol. The Kier molecular flexibility index (Phi) is 3.60. The van der Waals surface area contributed by atoms with Crippen molar-refractivity contribution in [2.24, 2.45) is 5.73 Å². The van der Waals surface area contributed by atoms with Crippen LogP contribution in [0.2, 0.25) is 10.0 Å². The fourth-order valence-corrected chi connectivity index (χ4v) is 1.99. The largest absolute Gasteiger partial charge is 0.452 e. The van der Waals surface area contributed by atoms with Crippen LogP contribution in [-0.4, -0.2) is 0 Å². The Morgan fingerprint density at radius 2 is 1.88 bits per heavy atom. The van der Waals surface area contributed by atoms with Gasteiger partial charge in [0.05, 0.1) is 16.1 Å². The van der Waals surface area contributed by atoms with Gasteiger partial charge in [0.2, 0.25) is 0 Å². The molecule has 1 atom stereocenters. The van der Waals surface area contributed by atoms with E-state index in [1.165, 1.54) is 0 Å². The number of nitrogens with two attached hydrogens (primary N) is 1. The molecule has 16 heavy (non-hydrogen) atoms. The first-order valence-corrected chi connectivity index (χ1v) is 6.08. The molecule has 1 aromatic heterocycles. The summed E-state index contributed by atoms with van der Waals surface area (Å²) in [5.41, 5.74) is 6.89. The molecule has 0 aliphatic rings. The second-order valence-corrected chi connectivity index (χ2v) is 4.89. The highest BCUT2D eigenvalue weighted by Gasteiger charge is 2.13. The van der Waals surface area contributed by atoms with E-state index in [2.05, 4.69) is 15.9 Å². The standard InChI is InChI=1S/C11H8BrCl2NO/c12-10-4-3-9(16-10)11(15)6-1-2-7(13)8(14)5-6/h1-5,11H,15H2. The molecule has 0 aliphatic carbocycles. The summed E-state index contributed by atoms with van der Waals surface area (Å²) in [4.78, 5) is 0. The van der Waals surface area contributed by atoms with Crippen molar-refractivity contribution in [3.63, 3.8) is 0 Å². The molecule has 5 heteroatoms. The minimum absolute atomic E-state index is 0.346. The molecule has 2 N–H and O–H groups in total. The van der Waals surface area contributed by atoms with Gasteiger partial charge in [-0.2, -0.15) is 0 Å². The van der Waals surface area contributed by atoms with Gasteiger partial charge in [0.25, 0.3) is 0 Å². The zero-order chi connectivity index (χ0) is 11.7. The van der Waals surface area contributed by atoms with Crippen LogP contribution in [0.5, 0.6) is 0 Å². The van der Waals surface area contributed by atoms with Crippen molar-refractivity contribution in [2.75, 3.05) is 0 Å². The van der Waals surface area contributed by atoms with Gasteiger partial charge in [-0.3, -0.25) is 0 Å². The van der Waals surface area contributed by atoms with E-state index in [-0.39, 0.29) is 6.04 Å². The fourth-order valence-electron chi connectivity index (χ4n) is 1.37. The summed E-state index contributed by atoms with van der Waals surface area (Å²) >= 11 is 15.0. The first-order chi connectivity index (χ1) is 7.58. The number of hydrogen-bond donors (Lipinski definition) is 1. The number of rotatable bonds is 2. The van der Waals surface area contributed by atoms with Crippen molar-refractivity contribution in [1.82, 2.24) is 0 Å². The molecule has 1 aromatic carbocycles. The van der Waals surface area contributed by atoms with E-state index in [1.807, 2.05) is 12.1 Å². The van der Waals surface area contributed by atoms with Gasteiger partial charge in [-0.25, -0.2) is 0 Å². The van der Waals surface area contributed by atoms with Gasteiger partial charge in [0, 0.05) is 0 Å². The lowest BCUT2D eigenvalue weighted by Gasteiger charge is -2.09. The number of furan rings is 1. The third-order valence-corrected chi connectivity index (χ3v) is 3.37. The Morgan fingerprint density at radius 3 is 2.44 bits per heavy atom. The van der Waals surface area contributed by atoms with Crippen LogP contribution in [0.1, 0.15) is 17.4 Å². The molecule has 1 heterocycles. The average molecular weight is 321 g/mol. The molecule has 2 nitrogen and oxygen atoms in total. The highest BCUT2D eigenvalue weighted by atomic mass is 79.9. The lowest BCUT2D eigenvalue weighted by atomic mass is 10.1. The van der Waals surface area contributed by atoms with E-state index in [0.29, 0.717) is 20.5 Å². The lowest BCUT2D eigenvalue weighted by Crippen LogP contribution is -2.10. The summed E-state index contributed by atoms with van der Waals surface area (Å²) in [6, 6.07) is 8.56. The molecular weight excluding hydrogens is 313 g/mol. The van der Waals surface area contributed by atoms with Crippen LogP contribution in [0, 0.1) is 0 Å². The third kappa shape index (κ3) is 2.43. The lowest BCUT2D eigenvalue weighted by molar-refractivity contribution is 0.470. The maximum absolute atomic E-state index is 6.03. The highest BCUT2D eigenvalue weighted by Crippen LogP contribution is 2.29. The molecule has 2 aromatic rings. The highest BCUT2D eigenvalue weighted by molar-refractivity contribution is 9.10. The van der Waals surface area contributed by atoms with Crippen molar-refractivity contribution < 1.29 is 4.42 Å². The molecular formula is C11H8BrCl2NO. The maximum Gasteiger partial charge on any atom is 0.169 e. The summed E-state index contributed by atoms with van der Waals surface area (Å²) in [6.45, 7) is 0. The first-order valence-electron chi connectivity index (χ1n) is 4.53. The minimum atomic E-state index is -0.346. The molecule has 0 saturated heterocycles.